The summed E-state index contributed by atoms with van der Waals surface area (Å²) in [5.41, 5.74) is 1.74. The van der Waals surface area contributed by atoms with Crippen LogP contribution < -0.4 is 5.32 Å². The highest BCUT2D eigenvalue weighted by atomic mass is 35.5. The van der Waals surface area contributed by atoms with Crippen LogP contribution in [0.4, 0.5) is 8.78 Å². The predicted molar refractivity (Wildman–Crippen MR) is 126 cm³/mol. The monoisotopic (exact) mass is 490 g/mol. The van der Waals surface area contributed by atoms with Gasteiger partial charge in [0.15, 0.2) is 0 Å². The van der Waals surface area contributed by atoms with Gasteiger partial charge >= 0.3 is 0 Å². The number of nitrogens with one attached hydrogen (secondary N) is 1. The van der Waals surface area contributed by atoms with Crippen molar-refractivity contribution >= 4 is 34.3 Å². The number of amides is 2. The van der Waals surface area contributed by atoms with Crippen LogP contribution in [0.25, 0.3) is 10.9 Å². The maximum absolute atomic E-state index is 13.4. The average molecular weight is 491 g/mol. The first kappa shape index (κ1) is 23.4. The van der Waals surface area contributed by atoms with Gasteiger partial charge in [-0.05, 0) is 48.4 Å². The summed E-state index contributed by atoms with van der Waals surface area (Å²) in [6.07, 6.45) is 2.95. The van der Waals surface area contributed by atoms with Gasteiger partial charge in [-0.1, -0.05) is 17.7 Å². The van der Waals surface area contributed by atoms with E-state index in [4.69, 9.17) is 11.6 Å². The Bertz CT molecular complexity index is 1090. The summed E-state index contributed by atoms with van der Waals surface area (Å²) in [5.74, 6) is -3.09. The van der Waals surface area contributed by atoms with E-state index >= 15 is 0 Å². The number of benzene rings is 1. The Morgan fingerprint density at radius 2 is 1.85 bits per heavy atom. The van der Waals surface area contributed by atoms with Crippen molar-refractivity contribution in [3.05, 3.63) is 41.0 Å². The maximum Gasteiger partial charge on any atom is 0.248 e. The molecule has 2 amide bonds. The topological polar surface area (TPSA) is 65.5 Å². The van der Waals surface area contributed by atoms with Crippen LogP contribution >= 0.6 is 11.6 Å². The van der Waals surface area contributed by atoms with Crippen molar-refractivity contribution in [3.63, 3.8) is 0 Å². The minimum absolute atomic E-state index is 0.0373. The first-order valence-electron chi connectivity index (χ1n) is 11.9. The summed E-state index contributed by atoms with van der Waals surface area (Å²) < 4.78 is 26.9. The Hall–Kier alpha value is -2.32. The highest BCUT2D eigenvalue weighted by molar-refractivity contribution is 6.31. The third-order valence-corrected chi connectivity index (χ3v) is 7.98. The fourth-order valence-electron chi connectivity index (χ4n) is 5.53. The Morgan fingerprint density at radius 3 is 2.59 bits per heavy atom. The van der Waals surface area contributed by atoms with Crippen molar-refractivity contribution in [3.8, 4) is 0 Å². The quantitative estimate of drug-likeness (QED) is 0.691. The van der Waals surface area contributed by atoms with E-state index in [-0.39, 0.29) is 42.5 Å². The molecule has 9 heteroatoms. The van der Waals surface area contributed by atoms with Gasteiger partial charge in [0.05, 0.1) is 12.1 Å². The zero-order valence-electron chi connectivity index (χ0n) is 19.0. The molecule has 6 nitrogen and oxygen atoms in total. The number of fused-ring (bicyclic) bond motifs is 1. The van der Waals surface area contributed by atoms with Gasteiger partial charge in [0.25, 0.3) is 0 Å². The fraction of sp³-hybridized carbons (Fsp3) is 0.560. The highest BCUT2D eigenvalue weighted by Crippen LogP contribution is 2.63. The molecule has 182 valence electrons. The lowest BCUT2D eigenvalue weighted by molar-refractivity contribution is -0.135. The van der Waals surface area contributed by atoms with E-state index in [1.807, 2.05) is 24.3 Å². The molecule has 2 heterocycles. The SMILES string of the molecule is O=C(NCC(=O)N1CCN(Cc2cc(Cl)cc3cccnc23)CC1)C1CC12CCC(F)(F)CC2. The van der Waals surface area contributed by atoms with Crippen LogP contribution in [0.1, 0.15) is 37.7 Å². The van der Waals surface area contributed by atoms with Crippen molar-refractivity contribution in [2.45, 2.75) is 44.6 Å². The van der Waals surface area contributed by atoms with Crippen LogP contribution in [0.5, 0.6) is 0 Å². The fourth-order valence-corrected chi connectivity index (χ4v) is 5.78. The molecule has 1 saturated heterocycles. The summed E-state index contributed by atoms with van der Waals surface area (Å²) in [5, 5.41) is 4.45. The second-order valence-electron chi connectivity index (χ2n) is 9.99. The van der Waals surface area contributed by atoms with Crippen LogP contribution in [0, 0.1) is 11.3 Å². The number of halogens is 3. The summed E-state index contributed by atoms with van der Waals surface area (Å²) in [4.78, 5) is 33.7. The molecule has 1 aliphatic heterocycles. The van der Waals surface area contributed by atoms with Gasteiger partial charge in [-0.25, -0.2) is 8.78 Å². The number of carbonyl (C=O) groups excluding carboxylic acids is 2. The van der Waals surface area contributed by atoms with Gasteiger partial charge in [0.2, 0.25) is 17.7 Å². The lowest BCUT2D eigenvalue weighted by atomic mass is 9.82. The Kier molecular flexibility index (Phi) is 6.23. The van der Waals surface area contributed by atoms with E-state index in [1.165, 1.54) is 0 Å². The van der Waals surface area contributed by atoms with E-state index in [9.17, 15) is 18.4 Å². The van der Waals surface area contributed by atoms with Crippen LogP contribution in [0.3, 0.4) is 0 Å². The van der Waals surface area contributed by atoms with Gasteiger partial charge in [0, 0.05) is 68.1 Å². The van der Waals surface area contributed by atoms with Crippen molar-refractivity contribution in [1.82, 2.24) is 20.1 Å². The number of aromatic nitrogens is 1. The van der Waals surface area contributed by atoms with Gasteiger partial charge < -0.3 is 10.2 Å². The highest BCUT2D eigenvalue weighted by Gasteiger charge is 2.60. The van der Waals surface area contributed by atoms with Crippen molar-refractivity contribution in [2.24, 2.45) is 11.3 Å². The second kappa shape index (κ2) is 9.04. The third kappa shape index (κ3) is 4.89. The van der Waals surface area contributed by atoms with Gasteiger partial charge in [-0.2, -0.15) is 0 Å². The van der Waals surface area contributed by atoms with Gasteiger partial charge in [-0.15, -0.1) is 0 Å². The van der Waals surface area contributed by atoms with E-state index in [1.54, 1.807) is 11.1 Å². The first-order valence-corrected chi connectivity index (χ1v) is 12.3. The minimum atomic E-state index is -2.59. The number of hydrogen-bond acceptors (Lipinski definition) is 4. The molecule has 0 radical (unpaired) electrons. The van der Waals surface area contributed by atoms with Gasteiger partial charge in [0.1, 0.15) is 0 Å². The zero-order valence-corrected chi connectivity index (χ0v) is 19.8. The molecule has 5 rings (SSSR count). The minimum Gasteiger partial charge on any atom is -0.347 e. The Balaban J connectivity index is 1.08. The van der Waals surface area contributed by atoms with Crippen molar-refractivity contribution < 1.29 is 18.4 Å². The molecule has 2 aliphatic carbocycles. The number of nitrogens with zero attached hydrogens (tertiary/aromatic N) is 3. The van der Waals surface area contributed by atoms with Crippen molar-refractivity contribution in [1.29, 1.82) is 0 Å². The largest absolute Gasteiger partial charge is 0.347 e. The summed E-state index contributed by atoms with van der Waals surface area (Å²) in [6, 6.07) is 7.74. The predicted octanol–water partition coefficient (Wildman–Crippen LogP) is 3.86. The average Bonchev–Trinajstić information content (AvgIpc) is 3.54. The van der Waals surface area contributed by atoms with E-state index in [0.29, 0.717) is 43.9 Å². The second-order valence-corrected chi connectivity index (χ2v) is 10.4. The summed E-state index contributed by atoms with van der Waals surface area (Å²) >= 11 is 6.29. The van der Waals surface area contributed by atoms with Crippen molar-refractivity contribution in [2.75, 3.05) is 32.7 Å². The number of piperazine rings is 1. The zero-order chi connectivity index (χ0) is 23.9. The number of alkyl halides is 2. The summed E-state index contributed by atoms with van der Waals surface area (Å²) in [6.45, 7) is 3.28. The molecular formula is C25H29ClF2N4O2. The van der Waals surface area contributed by atoms with Crippen LogP contribution in [0.2, 0.25) is 5.02 Å². The number of pyridine rings is 1. The number of hydrogen-bond donors (Lipinski definition) is 1. The smallest absolute Gasteiger partial charge is 0.248 e. The molecule has 1 N–H and O–H groups in total. The van der Waals surface area contributed by atoms with E-state index in [2.05, 4.69) is 15.2 Å². The van der Waals surface area contributed by atoms with Crippen LogP contribution in [0.15, 0.2) is 30.5 Å². The molecule has 1 aromatic carbocycles. The molecule has 1 atom stereocenters. The molecule has 2 saturated carbocycles. The lowest BCUT2D eigenvalue weighted by Gasteiger charge is -2.35. The van der Waals surface area contributed by atoms with E-state index in [0.717, 1.165) is 29.6 Å². The molecule has 0 bridgehead atoms. The standard InChI is InChI=1S/C25H29ClF2N4O2/c26-19-12-17-2-1-7-29-22(17)18(13-19)16-31-8-10-32(11-9-31)21(33)15-30-23(34)20-14-24(20)3-5-25(27,28)6-4-24/h1-2,7,12-13,20H,3-6,8-11,14-16H2,(H,30,34). The summed E-state index contributed by atoms with van der Waals surface area (Å²) in [7, 11) is 0. The molecule has 1 aromatic heterocycles. The molecule has 34 heavy (non-hydrogen) atoms. The molecule has 1 spiro atoms. The normalized spacial score (nSPS) is 23.7. The van der Waals surface area contributed by atoms with Gasteiger partial charge in [-0.3, -0.25) is 19.5 Å². The maximum atomic E-state index is 13.4. The molecular weight excluding hydrogens is 462 g/mol. The number of rotatable bonds is 5. The molecule has 1 unspecified atom stereocenters. The molecule has 3 aliphatic rings. The van der Waals surface area contributed by atoms with E-state index < -0.39 is 5.92 Å². The Labute approximate surface area is 202 Å². The number of carbonyl (C=O) groups is 2. The lowest BCUT2D eigenvalue weighted by Crippen LogP contribution is -2.51. The molecule has 3 fully saturated rings. The van der Waals surface area contributed by atoms with Crippen LogP contribution in [-0.2, 0) is 16.1 Å². The van der Waals surface area contributed by atoms with Crippen LogP contribution in [-0.4, -0.2) is 65.2 Å². The first-order chi connectivity index (χ1) is 16.2. The molecule has 2 aromatic rings. The third-order valence-electron chi connectivity index (χ3n) is 7.76. The Morgan fingerprint density at radius 1 is 1.12 bits per heavy atom.